The average Bonchev–Trinajstić information content (AvgIpc) is 3.87. The Morgan fingerprint density at radius 3 is 2.22 bits per heavy atom. The van der Waals surface area contributed by atoms with E-state index >= 15 is 0 Å². The monoisotopic (exact) mass is 1010 g/mol. The van der Waals surface area contributed by atoms with Crippen LogP contribution in [-0.4, -0.2) is 122 Å². The van der Waals surface area contributed by atoms with Gasteiger partial charge in [0.1, 0.15) is 12.4 Å². The van der Waals surface area contributed by atoms with Gasteiger partial charge < -0.3 is 43.4 Å². The van der Waals surface area contributed by atoms with Crippen LogP contribution in [0.2, 0.25) is 25.0 Å². The van der Waals surface area contributed by atoms with Gasteiger partial charge in [-0.3, -0.25) is 25.0 Å². The molecule has 3 N–H and O–H groups in total. The Morgan fingerprint density at radius 2 is 1.61 bits per heavy atom. The number of likely N-dealkylation sites (tertiary alicyclic amines) is 2. The molecule has 2 aromatic carbocycles. The van der Waals surface area contributed by atoms with Crippen LogP contribution in [0.1, 0.15) is 86.6 Å². The number of amides is 3. The number of rotatable bonds is 22. The van der Waals surface area contributed by atoms with Gasteiger partial charge in [-0.25, -0.2) is 9.78 Å². The summed E-state index contributed by atoms with van der Waals surface area (Å²) >= 11 is 0. The van der Waals surface area contributed by atoms with Crippen LogP contribution < -0.4 is 24.8 Å². The van der Waals surface area contributed by atoms with Crippen LogP contribution in [0.4, 0.5) is 21.9 Å². The van der Waals surface area contributed by atoms with Gasteiger partial charge in [0, 0.05) is 60.9 Å². The molecule has 17 nitrogen and oxygen atoms in total. The van der Waals surface area contributed by atoms with Crippen molar-refractivity contribution >= 4 is 71.9 Å². The summed E-state index contributed by atoms with van der Waals surface area (Å²) in [5, 5.41) is 27.4. The van der Waals surface area contributed by atoms with E-state index in [2.05, 4.69) is 62.6 Å². The molecule has 3 amide bonds. The number of hydrogen-bond donors (Lipinski definition) is 3. The standard InChI is InChI=1S/C48H67BN6O11S2Si/c1-13-34-20-30(2)26-53(34)46(57)37-23-42(62-10)43(25-39(37)52-49(9)59)64-19-15-18-63-41-24-38(51-47(58)65-28-33(5)67-68-44-40(55(60)61)16-14-17-50-44)36(22-32(41)4)45(56)54-27-31(3)21-35(54)29-66-69(11,12)48(6,7)8/h14,16-17,22-25,33-35,52,59H,2-3,13,15,18-21,26-29H2,1,4-12H3,(H,51,58)/t33-,34-,35+/m1/s1. The molecule has 2 fully saturated rings. The van der Waals surface area contributed by atoms with Gasteiger partial charge in [0.05, 0.1) is 54.7 Å². The van der Waals surface area contributed by atoms with Gasteiger partial charge in [-0.1, -0.05) is 62.8 Å². The lowest BCUT2D eigenvalue weighted by atomic mass is 9.87. The smallest absolute Gasteiger partial charge is 0.411 e. The molecule has 21 heteroatoms. The molecule has 0 aliphatic carbocycles. The Balaban J connectivity index is 1.31. The number of benzene rings is 2. The van der Waals surface area contributed by atoms with Gasteiger partial charge in [-0.15, -0.1) is 0 Å². The van der Waals surface area contributed by atoms with Crippen molar-refractivity contribution < 1.29 is 47.7 Å². The molecule has 0 bridgehead atoms. The largest absolute Gasteiger partial charge is 0.493 e. The van der Waals surface area contributed by atoms with Crippen molar-refractivity contribution in [2.75, 3.05) is 57.2 Å². The Bertz CT molecular complexity index is 2390. The average molecular weight is 1010 g/mol. The van der Waals surface area contributed by atoms with Gasteiger partial charge in [0.2, 0.25) is 0 Å². The SMILES string of the molecule is C=C1C[C@@H](CC)N(C(=O)c2cc(OC)c(OCCCOc3cc(NC(=O)OC[C@@H](C)SSc4ncccc4[N+](=O)[O-])c(C(=O)N4CC(=C)C[C@H]4CO[Si](C)(C)C(C)(C)C)cc3C)cc2NB(C)O)C1. The summed E-state index contributed by atoms with van der Waals surface area (Å²) < 4.78 is 30.3. The van der Waals surface area contributed by atoms with E-state index in [0.717, 1.165) is 34.8 Å². The summed E-state index contributed by atoms with van der Waals surface area (Å²) in [6.07, 6.45) is 3.18. The Morgan fingerprint density at radius 1 is 1.00 bits per heavy atom. The first-order chi connectivity index (χ1) is 32.5. The topological polar surface area (TPSA) is 204 Å². The van der Waals surface area contributed by atoms with Crippen LogP contribution in [0.5, 0.6) is 17.2 Å². The number of aromatic nitrogens is 1. The summed E-state index contributed by atoms with van der Waals surface area (Å²) in [6, 6.07) is 9.21. The lowest BCUT2D eigenvalue weighted by molar-refractivity contribution is -0.388. The Labute approximate surface area is 415 Å². The first-order valence-corrected chi connectivity index (χ1v) is 28.2. The van der Waals surface area contributed by atoms with E-state index in [0.29, 0.717) is 66.6 Å². The van der Waals surface area contributed by atoms with Crippen LogP contribution >= 0.6 is 21.6 Å². The minimum Gasteiger partial charge on any atom is -0.493 e. The van der Waals surface area contributed by atoms with Gasteiger partial charge in [-0.05, 0) is 92.6 Å². The molecular weight excluding hydrogens is 940 g/mol. The number of methoxy groups -OCH3 is 1. The number of nitrogens with one attached hydrogen (secondary N) is 2. The molecular formula is C48H67BN6O11S2Si. The summed E-state index contributed by atoms with van der Waals surface area (Å²) in [7, 11) is 0.779. The number of nitro groups is 1. The van der Waals surface area contributed by atoms with Crippen LogP contribution in [0.3, 0.4) is 0 Å². The quantitative estimate of drug-likeness (QED) is 0.0214. The molecule has 1 aromatic heterocycles. The third-order valence-electron chi connectivity index (χ3n) is 12.3. The molecule has 2 aliphatic rings. The molecule has 0 unspecified atom stereocenters. The van der Waals surface area contributed by atoms with Crippen LogP contribution in [0.25, 0.3) is 0 Å². The zero-order chi connectivity index (χ0) is 50.8. The summed E-state index contributed by atoms with van der Waals surface area (Å²) in [6.45, 7) is 27.8. The number of ether oxygens (including phenoxy) is 4. The number of nitrogens with zero attached hydrogens (tertiary/aromatic N) is 4. The number of carbonyl (C=O) groups is 3. The number of hydrogen-bond acceptors (Lipinski definition) is 15. The number of carbonyl (C=O) groups excluding carboxylic acids is 3. The van der Waals surface area contributed by atoms with E-state index < -0.39 is 26.4 Å². The second-order valence-electron chi connectivity index (χ2n) is 18.9. The fourth-order valence-corrected chi connectivity index (χ4v) is 10.6. The highest BCUT2D eigenvalue weighted by Crippen LogP contribution is 2.40. The molecule has 0 saturated carbocycles. The Hall–Kier alpha value is -5.22. The van der Waals surface area contributed by atoms with Crippen molar-refractivity contribution in [1.29, 1.82) is 0 Å². The predicted octanol–water partition coefficient (Wildman–Crippen LogP) is 10.0. The first-order valence-electron chi connectivity index (χ1n) is 23.1. The highest BCUT2D eigenvalue weighted by atomic mass is 33.1. The van der Waals surface area contributed by atoms with E-state index in [1.54, 1.807) is 40.9 Å². The zero-order valence-electron chi connectivity index (χ0n) is 41.5. The molecule has 0 spiro atoms. The van der Waals surface area contributed by atoms with E-state index in [1.165, 1.54) is 36.2 Å². The van der Waals surface area contributed by atoms with E-state index in [-0.39, 0.29) is 76.0 Å². The van der Waals surface area contributed by atoms with Crippen molar-refractivity contribution in [2.24, 2.45) is 0 Å². The maximum atomic E-state index is 14.6. The molecule has 2 aliphatic heterocycles. The summed E-state index contributed by atoms with van der Waals surface area (Å²) in [4.78, 5) is 60.5. The van der Waals surface area contributed by atoms with Crippen LogP contribution in [0, 0.1) is 17.0 Å². The second-order valence-corrected chi connectivity index (χ2v) is 26.4. The molecule has 3 heterocycles. The highest BCUT2D eigenvalue weighted by molar-refractivity contribution is 8.77. The Kier molecular flexibility index (Phi) is 19.1. The fraction of sp³-hybridized carbons (Fsp3) is 0.500. The minimum absolute atomic E-state index is 0.0261. The zero-order valence-corrected chi connectivity index (χ0v) is 44.1. The second kappa shape index (κ2) is 24.1. The van der Waals surface area contributed by atoms with E-state index in [9.17, 15) is 29.5 Å². The number of aryl methyl sites for hydroxylation is 1. The summed E-state index contributed by atoms with van der Waals surface area (Å²) in [5.74, 6) is 0.616. The lowest BCUT2D eigenvalue weighted by Crippen LogP contribution is -2.46. The van der Waals surface area contributed by atoms with Crippen LogP contribution in [0.15, 0.2) is 71.9 Å². The third kappa shape index (κ3) is 14.4. The highest BCUT2D eigenvalue weighted by Gasteiger charge is 2.40. The van der Waals surface area contributed by atoms with E-state index in [1.807, 2.05) is 20.8 Å². The van der Waals surface area contributed by atoms with Crippen molar-refractivity contribution in [3.63, 3.8) is 0 Å². The molecule has 374 valence electrons. The fourth-order valence-electron chi connectivity index (χ4n) is 7.56. The normalized spacial score (nSPS) is 16.6. The number of pyridine rings is 1. The van der Waals surface area contributed by atoms with E-state index in [4.69, 9.17) is 23.4 Å². The van der Waals surface area contributed by atoms with Crippen molar-refractivity contribution in [3.05, 3.63) is 93.7 Å². The maximum absolute atomic E-state index is 14.6. The maximum Gasteiger partial charge on any atom is 0.411 e. The van der Waals surface area contributed by atoms with Crippen molar-refractivity contribution in [1.82, 2.24) is 14.8 Å². The summed E-state index contributed by atoms with van der Waals surface area (Å²) in [5.41, 5.74) is 3.58. The molecule has 3 aromatic rings. The van der Waals surface area contributed by atoms with Gasteiger partial charge in [0.15, 0.2) is 24.8 Å². The first kappa shape index (κ1) is 54.7. The number of anilines is 2. The predicted molar refractivity (Wildman–Crippen MR) is 277 cm³/mol. The van der Waals surface area contributed by atoms with Crippen LogP contribution in [-0.2, 0) is 9.16 Å². The van der Waals surface area contributed by atoms with Gasteiger partial charge in [-0.2, -0.15) is 0 Å². The molecule has 3 atom stereocenters. The van der Waals surface area contributed by atoms with Gasteiger partial charge >= 0.3 is 18.8 Å². The molecule has 5 rings (SSSR count). The third-order valence-corrected chi connectivity index (χ3v) is 19.6. The molecule has 2 saturated heterocycles. The van der Waals surface area contributed by atoms with Crippen molar-refractivity contribution in [2.45, 2.75) is 115 Å². The van der Waals surface area contributed by atoms with Crippen molar-refractivity contribution in [3.8, 4) is 17.2 Å². The lowest BCUT2D eigenvalue weighted by Gasteiger charge is -2.38. The molecule has 0 radical (unpaired) electrons. The minimum atomic E-state index is -2.15. The van der Waals surface area contributed by atoms with Gasteiger partial charge in [0.25, 0.3) is 11.8 Å². The molecule has 69 heavy (non-hydrogen) atoms.